The highest BCUT2D eigenvalue weighted by Crippen LogP contribution is 2.26. The molecule has 0 radical (unpaired) electrons. The largest absolute Gasteiger partial charge is 0.497 e. The molecule has 0 aliphatic rings. The minimum absolute atomic E-state index is 0.333. The van der Waals surface area contributed by atoms with Crippen molar-refractivity contribution < 1.29 is 4.74 Å². The van der Waals surface area contributed by atoms with Crippen molar-refractivity contribution >= 4 is 5.57 Å². The molecule has 0 amide bonds. The molecule has 0 saturated heterocycles. The second-order valence-electron chi connectivity index (χ2n) is 6.89. The van der Waals surface area contributed by atoms with Crippen molar-refractivity contribution in [1.29, 1.82) is 0 Å². The van der Waals surface area contributed by atoms with Gasteiger partial charge in [-0.3, -0.25) is 4.90 Å². The number of methoxy groups -OCH3 is 1. The summed E-state index contributed by atoms with van der Waals surface area (Å²) in [5, 5.41) is 0. The Morgan fingerprint density at radius 3 is 1.86 bits per heavy atom. The summed E-state index contributed by atoms with van der Waals surface area (Å²) in [6.07, 6.45) is 2.36. The number of hydrogen-bond donors (Lipinski definition) is 0. The van der Waals surface area contributed by atoms with E-state index in [1.54, 1.807) is 7.11 Å². The zero-order chi connectivity index (χ0) is 19.8. The van der Waals surface area contributed by atoms with Gasteiger partial charge >= 0.3 is 0 Å². The molecule has 0 N–H and O–H groups in total. The molecule has 0 bridgehead atoms. The van der Waals surface area contributed by atoms with E-state index < -0.39 is 0 Å². The number of nitrogens with zero attached hydrogens (tertiary/aromatic N) is 1. The average molecular weight is 372 g/mol. The first-order valence-corrected chi connectivity index (χ1v) is 9.92. The molecule has 0 saturated carbocycles. The van der Waals surface area contributed by atoms with E-state index in [1.165, 1.54) is 22.3 Å². The van der Waals surface area contributed by atoms with Crippen LogP contribution < -0.4 is 4.74 Å². The van der Waals surface area contributed by atoms with Gasteiger partial charge < -0.3 is 4.74 Å². The molecule has 0 unspecified atom stereocenters. The lowest BCUT2D eigenvalue weighted by molar-refractivity contribution is 0.247. The highest BCUT2D eigenvalue weighted by atomic mass is 16.5. The Hall–Kier alpha value is -2.84. The number of rotatable bonds is 8. The molecule has 3 rings (SSSR count). The molecule has 2 nitrogen and oxygen atoms in total. The van der Waals surface area contributed by atoms with Gasteiger partial charge in [0.2, 0.25) is 0 Å². The van der Waals surface area contributed by atoms with Crippen LogP contribution in [0.25, 0.3) is 5.57 Å². The van der Waals surface area contributed by atoms with Gasteiger partial charge in [0.15, 0.2) is 0 Å². The molecule has 3 aromatic rings. The molecule has 0 aliphatic carbocycles. The SMILES string of the molecule is CCN(CC=C(c1ccccc1)c1ccccc1)[C@@H](C)c1ccc(OC)cc1. The average Bonchev–Trinajstić information content (AvgIpc) is 2.78. The fourth-order valence-electron chi connectivity index (χ4n) is 3.50. The topological polar surface area (TPSA) is 12.5 Å². The van der Waals surface area contributed by atoms with Crippen LogP contribution in [-0.2, 0) is 0 Å². The summed E-state index contributed by atoms with van der Waals surface area (Å²) in [6, 6.07) is 30.0. The summed E-state index contributed by atoms with van der Waals surface area (Å²) in [5.74, 6) is 0.898. The highest BCUT2D eigenvalue weighted by molar-refractivity contribution is 5.79. The van der Waals surface area contributed by atoms with Crippen LogP contribution in [0.2, 0.25) is 0 Å². The Morgan fingerprint density at radius 2 is 1.39 bits per heavy atom. The van der Waals surface area contributed by atoms with Crippen LogP contribution >= 0.6 is 0 Å². The third kappa shape index (κ3) is 4.90. The van der Waals surface area contributed by atoms with Crippen LogP contribution in [0.1, 0.15) is 36.6 Å². The van der Waals surface area contributed by atoms with Gasteiger partial charge in [0, 0.05) is 12.6 Å². The number of hydrogen-bond acceptors (Lipinski definition) is 2. The lowest BCUT2D eigenvalue weighted by Crippen LogP contribution is -2.27. The summed E-state index contributed by atoms with van der Waals surface area (Å²) >= 11 is 0. The first-order valence-electron chi connectivity index (χ1n) is 9.92. The summed E-state index contributed by atoms with van der Waals surface area (Å²) in [7, 11) is 1.70. The lowest BCUT2D eigenvalue weighted by atomic mass is 9.97. The van der Waals surface area contributed by atoms with E-state index >= 15 is 0 Å². The molecular weight excluding hydrogens is 342 g/mol. The second kappa shape index (κ2) is 9.91. The molecule has 1 atom stereocenters. The minimum atomic E-state index is 0.333. The smallest absolute Gasteiger partial charge is 0.118 e. The van der Waals surface area contributed by atoms with Crippen molar-refractivity contribution in [3.05, 3.63) is 108 Å². The summed E-state index contributed by atoms with van der Waals surface area (Å²) in [4.78, 5) is 2.48. The van der Waals surface area contributed by atoms with Gasteiger partial charge in [-0.2, -0.15) is 0 Å². The molecule has 0 spiro atoms. The van der Waals surface area contributed by atoms with Gasteiger partial charge in [-0.05, 0) is 47.9 Å². The van der Waals surface area contributed by atoms with Crippen LogP contribution in [-0.4, -0.2) is 25.1 Å². The maximum atomic E-state index is 5.29. The fraction of sp³-hybridized carbons (Fsp3) is 0.231. The van der Waals surface area contributed by atoms with Crippen molar-refractivity contribution in [2.75, 3.05) is 20.2 Å². The van der Waals surface area contributed by atoms with E-state index in [4.69, 9.17) is 4.74 Å². The maximum Gasteiger partial charge on any atom is 0.118 e. The van der Waals surface area contributed by atoms with E-state index in [-0.39, 0.29) is 0 Å². The Kier molecular flexibility index (Phi) is 7.05. The van der Waals surface area contributed by atoms with E-state index in [2.05, 4.69) is 97.6 Å². The number of ether oxygens (including phenoxy) is 1. The van der Waals surface area contributed by atoms with Crippen LogP contribution in [0.5, 0.6) is 5.75 Å². The predicted octanol–water partition coefficient (Wildman–Crippen LogP) is 6.21. The molecule has 144 valence electrons. The third-order valence-corrected chi connectivity index (χ3v) is 5.25. The minimum Gasteiger partial charge on any atom is -0.497 e. The molecule has 28 heavy (non-hydrogen) atoms. The lowest BCUT2D eigenvalue weighted by Gasteiger charge is -2.27. The van der Waals surface area contributed by atoms with Crippen LogP contribution in [0, 0.1) is 0 Å². The van der Waals surface area contributed by atoms with E-state index in [1.807, 2.05) is 12.1 Å². The van der Waals surface area contributed by atoms with Crippen molar-refractivity contribution in [2.45, 2.75) is 19.9 Å². The van der Waals surface area contributed by atoms with Crippen molar-refractivity contribution in [1.82, 2.24) is 4.90 Å². The van der Waals surface area contributed by atoms with Crippen molar-refractivity contribution in [2.24, 2.45) is 0 Å². The van der Waals surface area contributed by atoms with E-state index in [0.717, 1.165) is 18.8 Å². The van der Waals surface area contributed by atoms with Crippen molar-refractivity contribution in [3.8, 4) is 5.75 Å². The van der Waals surface area contributed by atoms with Crippen LogP contribution in [0.3, 0.4) is 0 Å². The molecule has 3 aromatic carbocycles. The summed E-state index contributed by atoms with van der Waals surface area (Å²) < 4.78 is 5.29. The molecule has 0 heterocycles. The van der Waals surface area contributed by atoms with Gasteiger partial charge in [0.05, 0.1) is 7.11 Å². The van der Waals surface area contributed by atoms with E-state index in [0.29, 0.717) is 6.04 Å². The second-order valence-corrected chi connectivity index (χ2v) is 6.89. The van der Waals surface area contributed by atoms with Crippen LogP contribution in [0.4, 0.5) is 0 Å². The zero-order valence-electron chi connectivity index (χ0n) is 17.0. The normalized spacial score (nSPS) is 11.9. The van der Waals surface area contributed by atoms with Crippen molar-refractivity contribution in [3.63, 3.8) is 0 Å². The third-order valence-electron chi connectivity index (χ3n) is 5.25. The first-order chi connectivity index (χ1) is 13.7. The van der Waals surface area contributed by atoms with Gasteiger partial charge in [0.25, 0.3) is 0 Å². The first kappa shape index (κ1) is 19.9. The quantitative estimate of drug-likeness (QED) is 0.467. The monoisotopic (exact) mass is 371 g/mol. The summed E-state index contributed by atoms with van der Waals surface area (Å²) in [5.41, 5.74) is 5.09. The Balaban J connectivity index is 1.85. The zero-order valence-corrected chi connectivity index (χ0v) is 17.0. The molecular formula is C26H29NO. The molecule has 0 aliphatic heterocycles. The number of likely N-dealkylation sites (N-methyl/N-ethyl adjacent to an activating group) is 1. The fourth-order valence-corrected chi connectivity index (χ4v) is 3.50. The maximum absolute atomic E-state index is 5.29. The van der Waals surface area contributed by atoms with E-state index in [9.17, 15) is 0 Å². The Labute approximate surface area is 169 Å². The predicted molar refractivity (Wildman–Crippen MR) is 119 cm³/mol. The van der Waals surface area contributed by atoms with Gasteiger partial charge in [-0.1, -0.05) is 85.8 Å². The van der Waals surface area contributed by atoms with Gasteiger partial charge in [-0.25, -0.2) is 0 Å². The molecule has 0 aromatic heterocycles. The van der Waals surface area contributed by atoms with Crippen LogP contribution in [0.15, 0.2) is 91.0 Å². The standard InChI is InChI=1S/C26H29NO/c1-4-27(21(2)22-15-17-25(28-3)18-16-22)20-19-26(23-11-7-5-8-12-23)24-13-9-6-10-14-24/h5-19,21H,4,20H2,1-3H3/t21-/m0/s1. The Bertz CT molecular complexity index is 828. The molecule has 0 fully saturated rings. The van der Waals surface area contributed by atoms with Gasteiger partial charge in [0.1, 0.15) is 5.75 Å². The number of benzene rings is 3. The Morgan fingerprint density at radius 1 is 0.857 bits per heavy atom. The van der Waals surface area contributed by atoms with Gasteiger partial charge in [-0.15, -0.1) is 0 Å². The molecule has 2 heteroatoms. The highest BCUT2D eigenvalue weighted by Gasteiger charge is 2.14. The summed E-state index contributed by atoms with van der Waals surface area (Å²) in [6.45, 7) is 6.37.